The van der Waals surface area contributed by atoms with Crippen LogP contribution in [0, 0.1) is 12.7 Å². The highest BCUT2D eigenvalue weighted by Crippen LogP contribution is 2.24. The molecule has 0 aliphatic heterocycles. The first-order valence-electron chi connectivity index (χ1n) is 7.23. The second kappa shape index (κ2) is 7.02. The zero-order valence-electron chi connectivity index (χ0n) is 12.4. The van der Waals surface area contributed by atoms with E-state index >= 15 is 0 Å². The second-order valence-electron chi connectivity index (χ2n) is 5.20. The van der Waals surface area contributed by atoms with Gasteiger partial charge in [-0.25, -0.2) is 4.39 Å². The molecule has 0 radical (unpaired) electrons. The number of aryl methyl sites for hydroxylation is 1. The van der Waals surface area contributed by atoms with E-state index in [2.05, 4.69) is 12.2 Å². The van der Waals surface area contributed by atoms with Crippen molar-refractivity contribution < 1.29 is 9.18 Å². The van der Waals surface area contributed by atoms with Crippen LogP contribution < -0.4 is 5.32 Å². The minimum absolute atomic E-state index is 0.0863. The van der Waals surface area contributed by atoms with E-state index in [0.29, 0.717) is 5.69 Å². The Morgan fingerprint density at radius 1 is 1.19 bits per heavy atom. The predicted octanol–water partition coefficient (Wildman–Crippen LogP) is 4.66. The van der Waals surface area contributed by atoms with Crippen LogP contribution in [0.25, 0.3) is 0 Å². The number of nitrogens with one attached hydrogen (secondary N) is 1. The monoisotopic (exact) mass is 285 g/mol. The summed E-state index contributed by atoms with van der Waals surface area (Å²) in [6.45, 7) is 3.91. The van der Waals surface area contributed by atoms with Crippen LogP contribution in [0.1, 0.15) is 36.8 Å². The van der Waals surface area contributed by atoms with Crippen LogP contribution in [0.4, 0.5) is 10.1 Å². The molecule has 1 unspecified atom stereocenters. The van der Waals surface area contributed by atoms with Gasteiger partial charge in [0.1, 0.15) is 5.82 Å². The molecule has 110 valence electrons. The van der Waals surface area contributed by atoms with Gasteiger partial charge in [0.2, 0.25) is 5.91 Å². The van der Waals surface area contributed by atoms with Crippen LogP contribution in [0.2, 0.25) is 0 Å². The third-order valence-corrected chi connectivity index (χ3v) is 3.55. The Morgan fingerprint density at radius 3 is 2.57 bits per heavy atom. The molecule has 0 heterocycles. The maximum absolute atomic E-state index is 13.3. The van der Waals surface area contributed by atoms with Crippen molar-refractivity contribution in [3.8, 4) is 0 Å². The number of carbonyl (C=O) groups excluding carboxylic acids is 1. The lowest BCUT2D eigenvalue weighted by Gasteiger charge is -2.17. The zero-order valence-corrected chi connectivity index (χ0v) is 12.4. The molecule has 2 aromatic rings. The fourth-order valence-corrected chi connectivity index (χ4v) is 2.37. The minimum atomic E-state index is -0.345. The first kappa shape index (κ1) is 15.2. The lowest BCUT2D eigenvalue weighted by molar-refractivity contribution is -0.117. The number of amides is 1. The summed E-state index contributed by atoms with van der Waals surface area (Å²) in [7, 11) is 0. The maximum Gasteiger partial charge on any atom is 0.231 e. The molecule has 0 aromatic heterocycles. The van der Waals surface area contributed by atoms with Crippen molar-refractivity contribution in [1.29, 1.82) is 0 Å². The Balaban J connectivity index is 2.21. The molecule has 1 atom stereocenters. The molecule has 0 spiro atoms. The Labute approximate surface area is 125 Å². The standard InChI is InChI=1S/C18H20FNO/c1-3-7-16(14-8-5-4-6-9-14)18(21)20-17-12-15(19)11-10-13(17)2/h4-6,8-12,16H,3,7H2,1-2H3,(H,20,21). The van der Waals surface area contributed by atoms with Crippen molar-refractivity contribution >= 4 is 11.6 Å². The van der Waals surface area contributed by atoms with Crippen molar-refractivity contribution in [3.63, 3.8) is 0 Å². The quantitative estimate of drug-likeness (QED) is 0.850. The van der Waals surface area contributed by atoms with Crippen LogP contribution in [0.15, 0.2) is 48.5 Å². The number of hydrogen-bond donors (Lipinski definition) is 1. The highest BCUT2D eigenvalue weighted by molar-refractivity contribution is 5.96. The number of halogens is 1. The molecule has 2 rings (SSSR count). The van der Waals surface area contributed by atoms with Crippen LogP contribution in [0.5, 0.6) is 0 Å². The molecular formula is C18H20FNO. The van der Waals surface area contributed by atoms with Gasteiger partial charge >= 0.3 is 0 Å². The second-order valence-corrected chi connectivity index (χ2v) is 5.20. The fraction of sp³-hybridized carbons (Fsp3) is 0.278. The molecule has 0 fully saturated rings. The number of carbonyl (C=O) groups is 1. The van der Waals surface area contributed by atoms with Gasteiger partial charge in [0.05, 0.1) is 5.92 Å². The first-order valence-corrected chi connectivity index (χ1v) is 7.23. The molecule has 0 aliphatic carbocycles. The molecule has 0 aliphatic rings. The average molecular weight is 285 g/mol. The normalized spacial score (nSPS) is 12.0. The summed E-state index contributed by atoms with van der Waals surface area (Å²) in [4.78, 5) is 12.5. The van der Waals surface area contributed by atoms with Crippen LogP contribution in [-0.4, -0.2) is 5.91 Å². The number of anilines is 1. The summed E-state index contributed by atoms with van der Waals surface area (Å²) in [5, 5.41) is 2.86. The summed E-state index contributed by atoms with van der Waals surface area (Å²) in [6, 6.07) is 14.1. The third kappa shape index (κ3) is 3.91. The molecule has 21 heavy (non-hydrogen) atoms. The molecule has 2 aromatic carbocycles. The van der Waals surface area contributed by atoms with Crippen molar-refractivity contribution in [1.82, 2.24) is 0 Å². The van der Waals surface area contributed by atoms with E-state index in [9.17, 15) is 9.18 Å². The topological polar surface area (TPSA) is 29.1 Å². The van der Waals surface area contributed by atoms with E-state index < -0.39 is 0 Å². The summed E-state index contributed by atoms with van der Waals surface area (Å²) >= 11 is 0. The van der Waals surface area contributed by atoms with E-state index in [1.54, 1.807) is 6.07 Å². The van der Waals surface area contributed by atoms with Crippen molar-refractivity contribution in [2.45, 2.75) is 32.6 Å². The molecule has 0 bridgehead atoms. The van der Waals surface area contributed by atoms with E-state index in [1.165, 1.54) is 12.1 Å². The summed E-state index contributed by atoms with van der Waals surface area (Å²) in [5.41, 5.74) is 2.39. The van der Waals surface area contributed by atoms with Gasteiger partial charge in [-0.15, -0.1) is 0 Å². The molecule has 3 heteroatoms. The van der Waals surface area contributed by atoms with E-state index in [-0.39, 0.29) is 17.6 Å². The van der Waals surface area contributed by atoms with Gasteiger partial charge in [0.25, 0.3) is 0 Å². The Hall–Kier alpha value is -2.16. The van der Waals surface area contributed by atoms with Gasteiger partial charge in [-0.2, -0.15) is 0 Å². The van der Waals surface area contributed by atoms with Gasteiger partial charge in [-0.1, -0.05) is 49.7 Å². The van der Waals surface area contributed by atoms with Gasteiger partial charge in [0.15, 0.2) is 0 Å². The van der Waals surface area contributed by atoms with Gasteiger partial charge in [0, 0.05) is 5.69 Å². The Morgan fingerprint density at radius 2 is 1.90 bits per heavy atom. The van der Waals surface area contributed by atoms with Crippen molar-refractivity contribution in [2.75, 3.05) is 5.32 Å². The van der Waals surface area contributed by atoms with Crippen LogP contribution in [0.3, 0.4) is 0 Å². The first-order chi connectivity index (χ1) is 10.1. The maximum atomic E-state index is 13.3. The predicted molar refractivity (Wildman–Crippen MR) is 83.9 cm³/mol. The molecule has 1 N–H and O–H groups in total. The largest absolute Gasteiger partial charge is 0.325 e. The zero-order chi connectivity index (χ0) is 15.2. The smallest absolute Gasteiger partial charge is 0.231 e. The summed E-state index contributed by atoms with van der Waals surface area (Å²) in [6.07, 6.45) is 1.68. The molecule has 0 saturated heterocycles. The average Bonchev–Trinajstić information content (AvgIpc) is 2.49. The van der Waals surface area contributed by atoms with E-state index in [0.717, 1.165) is 24.0 Å². The highest BCUT2D eigenvalue weighted by atomic mass is 19.1. The fourth-order valence-electron chi connectivity index (χ4n) is 2.37. The Kier molecular flexibility index (Phi) is 5.09. The molecule has 2 nitrogen and oxygen atoms in total. The summed E-state index contributed by atoms with van der Waals surface area (Å²) < 4.78 is 13.3. The molecule has 1 amide bonds. The van der Waals surface area contributed by atoms with E-state index in [1.807, 2.05) is 37.3 Å². The SMILES string of the molecule is CCCC(C(=O)Nc1cc(F)ccc1C)c1ccccc1. The molecule has 0 saturated carbocycles. The lowest BCUT2D eigenvalue weighted by atomic mass is 9.93. The number of hydrogen-bond acceptors (Lipinski definition) is 1. The van der Waals surface area contributed by atoms with Crippen LogP contribution >= 0.6 is 0 Å². The minimum Gasteiger partial charge on any atom is -0.325 e. The highest BCUT2D eigenvalue weighted by Gasteiger charge is 2.20. The van der Waals surface area contributed by atoms with Crippen LogP contribution in [-0.2, 0) is 4.79 Å². The van der Waals surface area contributed by atoms with Crippen molar-refractivity contribution in [2.24, 2.45) is 0 Å². The van der Waals surface area contributed by atoms with Gasteiger partial charge in [-0.05, 0) is 36.6 Å². The number of rotatable bonds is 5. The van der Waals surface area contributed by atoms with Gasteiger partial charge in [-0.3, -0.25) is 4.79 Å². The molecular weight excluding hydrogens is 265 g/mol. The van der Waals surface area contributed by atoms with E-state index in [4.69, 9.17) is 0 Å². The third-order valence-electron chi connectivity index (χ3n) is 3.55. The number of benzene rings is 2. The van der Waals surface area contributed by atoms with Crippen molar-refractivity contribution in [3.05, 3.63) is 65.5 Å². The summed E-state index contributed by atoms with van der Waals surface area (Å²) in [5.74, 6) is -0.640. The lowest BCUT2D eigenvalue weighted by Crippen LogP contribution is -2.21. The Bertz CT molecular complexity index is 610. The van der Waals surface area contributed by atoms with Gasteiger partial charge < -0.3 is 5.32 Å².